The van der Waals surface area contributed by atoms with Crippen molar-refractivity contribution in [3.63, 3.8) is 0 Å². The Morgan fingerprint density at radius 1 is 1.32 bits per heavy atom. The molecule has 0 bridgehead atoms. The Morgan fingerprint density at radius 3 is 2.72 bits per heavy atom. The van der Waals surface area contributed by atoms with E-state index in [1.165, 1.54) is 4.90 Å². The molecule has 1 amide bonds. The van der Waals surface area contributed by atoms with Gasteiger partial charge >= 0.3 is 5.97 Å². The SMILES string of the molecule is Cc1nc(CSc2ccc(C(=O)N3CCCCC3C(=O)O)cc2)cs1. The topological polar surface area (TPSA) is 70.5 Å². The van der Waals surface area contributed by atoms with Crippen LogP contribution in [0, 0.1) is 6.92 Å². The minimum atomic E-state index is -0.918. The number of likely N-dealkylation sites (tertiary alicyclic amines) is 1. The minimum absolute atomic E-state index is 0.196. The van der Waals surface area contributed by atoms with Crippen molar-refractivity contribution in [1.82, 2.24) is 9.88 Å². The highest BCUT2D eigenvalue weighted by Crippen LogP contribution is 2.25. The molecule has 1 aliphatic rings. The number of thiazole rings is 1. The highest BCUT2D eigenvalue weighted by Gasteiger charge is 2.32. The van der Waals surface area contributed by atoms with E-state index in [1.54, 1.807) is 35.2 Å². The minimum Gasteiger partial charge on any atom is -0.480 e. The number of amides is 1. The van der Waals surface area contributed by atoms with Gasteiger partial charge in [-0.2, -0.15) is 0 Å². The number of piperidine rings is 1. The van der Waals surface area contributed by atoms with Crippen molar-refractivity contribution in [3.05, 3.63) is 45.9 Å². The Kier molecular flexibility index (Phi) is 5.75. The van der Waals surface area contributed by atoms with Crippen LogP contribution in [-0.4, -0.2) is 39.5 Å². The van der Waals surface area contributed by atoms with Crippen molar-refractivity contribution in [2.45, 2.75) is 42.9 Å². The Hall–Kier alpha value is -1.86. The fraction of sp³-hybridized carbons (Fsp3) is 0.389. The summed E-state index contributed by atoms with van der Waals surface area (Å²) in [5, 5.41) is 12.4. The summed E-state index contributed by atoms with van der Waals surface area (Å²) in [5.74, 6) is -0.317. The Balaban J connectivity index is 1.64. The smallest absolute Gasteiger partial charge is 0.326 e. The average Bonchev–Trinajstić information content (AvgIpc) is 3.05. The van der Waals surface area contributed by atoms with Crippen LogP contribution in [0.3, 0.4) is 0 Å². The van der Waals surface area contributed by atoms with E-state index >= 15 is 0 Å². The van der Waals surface area contributed by atoms with Gasteiger partial charge in [0.25, 0.3) is 5.91 Å². The molecule has 1 aromatic carbocycles. The zero-order valence-corrected chi connectivity index (χ0v) is 15.6. The van der Waals surface area contributed by atoms with Gasteiger partial charge in [-0.15, -0.1) is 23.1 Å². The first-order chi connectivity index (χ1) is 12.0. The number of aliphatic carboxylic acids is 1. The summed E-state index contributed by atoms with van der Waals surface area (Å²) >= 11 is 3.32. The fourth-order valence-electron chi connectivity index (χ4n) is 2.92. The van der Waals surface area contributed by atoms with E-state index in [9.17, 15) is 14.7 Å². The van der Waals surface area contributed by atoms with Crippen molar-refractivity contribution in [3.8, 4) is 0 Å². The molecular weight excluding hydrogens is 356 g/mol. The average molecular weight is 377 g/mol. The van der Waals surface area contributed by atoms with Gasteiger partial charge in [0, 0.05) is 28.1 Å². The highest BCUT2D eigenvalue weighted by molar-refractivity contribution is 7.98. The molecule has 1 atom stereocenters. The lowest BCUT2D eigenvalue weighted by molar-refractivity contribution is -0.143. The van der Waals surface area contributed by atoms with E-state index in [4.69, 9.17) is 0 Å². The number of carbonyl (C=O) groups is 2. The van der Waals surface area contributed by atoms with Crippen LogP contribution >= 0.6 is 23.1 Å². The number of hydrogen-bond donors (Lipinski definition) is 1. The Labute approximate surface area is 155 Å². The normalized spacial score (nSPS) is 17.5. The molecule has 1 aromatic heterocycles. The maximum atomic E-state index is 12.7. The van der Waals surface area contributed by atoms with Gasteiger partial charge in [-0.3, -0.25) is 4.79 Å². The van der Waals surface area contributed by atoms with Crippen molar-refractivity contribution >= 4 is 35.0 Å². The number of thioether (sulfide) groups is 1. The molecule has 1 saturated heterocycles. The molecule has 1 N–H and O–H groups in total. The van der Waals surface area contributed by atoms with E-state index in [0.29, 0.717) is 18.5 Å². The van der Waals surface area contributed by atoms with Crippen LogP contribution in [0.1, 0.15) is 40.3 Å². The third-order valence-electron chi connectivity index (χ3n) is 4.20. The summed E-state index contributed by atoms with van der Waals surface area (Å²) in [6, 6.07) is 6.69. The zero-order valence-electron chi connectivity index (χ0n) is 14.0. The van der Waals surface area contributed by atoms with Crippen LogP contribution in [0.25, 0.3) is 0 Å². The number of carboxylic acid groups (broad SMARTS) is 1. The van der Waals surface area contributed by atoms with E-state index in [2.05, 4.69) is 10.4 Å². The molecule has 2 heterocycles. The molecule has 25 heavy (non-hydrogen) atoms. The quantitative estimate of drug-likeness (QED) is 0.803. The molecule has 0 spiro atoms. The van der Waals surface area contributed by atoms with Crippen LogP contribution in [-0.2, 0) is 10.5 Å². The van der Waals surface area contributed by atoms with Gasteiger partial charge in [-0.1, -0.05) is 0 Å². The predicted octanol–water partition coefficient (Wildman–Crippen LogP) is 3.82. The number of carbonyl (C=O) groups excluding carboxylic acids is 1. The second kappa shape index (κ2) is 8.01. The Morgan fingerprint density at radius 2 is 2.08 bits per heavy atom. The standard InChI is InChI=1S/C18H20N2O3S2/c1-12-19-14(10-24-12)11-25-15-7-5-13(6-8-15)17(21)20-9-3-2-4-16(20)18(22)23/h5-8,10,16H,2-4,9,11H2,1H3,(H,22,23). The van der Waals surface area contributed by atoms with Crippen LogP contribution in [0.2, 0.25) is 0 Å². The number of rotatable bonds is 5. The first-order valence-electron chi connectivity index (χ1n) is 8.22. The van der Waals surface area contributed by atoms with Crippen molar-refractivity contribution in [2.75, 3.05) is 6.54 Å². The number of nitrogens with zero attached hydrogens (tertiary/aromatic N) is 2. The van der Waals surface area contributed by atoms with E-state index in [-0.39, 0.29) is 5.91 Å². The number of aromatic nitrogens is 1. The lowest BCUT2D eigenvalue weighted by Gasteiger charge is -2.33. The molecule has 0 aliphatic carbocycles. The molecule has 0 radical (unpaired) electrons. The molecule has 7 heteroatoms. The third kappa shape index (κ3) is 4.41. The summed E-state index contributed by atoms with van der Waals surface area (Å²) in [5.41, 5.74) is 1.60. The molecule has 132 valence electrons. The molecule has 2 aromatic rings. The first kappa shape index (κ1) is 17.9. The largest absolute Gasteiger partial charge is 0.480 e. The highest BCUT2D eigenvalue weighted by atomic mass is 32.2. The summed E-state index contributed by atoms with van der Waals surface area (Å²) in [7, 11) is 0. The second-order valence-corrected chi connectivity index (χ2v) is 8.13. The van der Waals surface area contributed by atoms with E-state index in [0.717, 1.165) is 34.2 Å². The number of aryl methyl sites for hydroxylation is 1. The summed E-state index contributed by atoms with van der Waals surface area (Å²) < 4.78 is 0. The summed E-state index contributed by atoms with van der Waals surface area (Å²) in [6.07, 6.45) is 2.24. The van der Waals surface area contributed by atoms with Crippen LogP contribution in [0.4, 0.5) is 0 Å². The van der Waals surface area contributed by atoms with Crippen molar-refractivity contribution < 1.29 is 14.7 Å². The van der Waals surface area contributed by atoms with E-state index in [1.807, 2.05) is 19.1 Å². The predicted molar refractivity (Wildman–Crippen MR) is 99.2 cm³/mol. The Bertz CT molecular complexity index is 758. The molecule has 5 nitrogen and oxygen atoms in total. The van der Waals surface area contributed by atoms with Gasteiger partial charge < -0.3 is 10.0 Å². The third-order valence-corrected chi connectivity index (χ3v) is 6.07. The van der Waals surface area contributed by atoms with Gasteiger partial charge in [-0.25, -0.2) is 9.78 Å². The van der Waals surface area contributed by atoms with E-state index < -0.39 is 12.0 Å². The van der Waals surface area contributed by atoms with Gasteiger partial charge in [0.05, 0.1) is 10.7 Å². The van der Waals surface area contributed by atoms with Crippen molar-refractivity contribution in [2.24, 2.45) is 0 Å². The molecule has 3 rings (SSSR count). The van der Waals surface area contributed by atoms with Gasteiger partial charge in [0.2, 0.25) is 0 Å². The first-order valence-corrected chi connectivity index (χ1v) is 10.1. The fourth-order valence-corrected chi connectivity index (χ4v) is 4.43. The molecule has 1 aliphatic heterocycles. The number of hydrogen-bond acceptors (Lipinski definition) is 5. The summed E-state index contributed by atoms with van der Waals surface area (Å²) in [6.45, 7) is 2.50. The lowest BCUT2D eigenvalue weighted by Crippen LogP contribution is -2.47. The molecule has 1 unspecified atom stereocenters. The number of benzene rings is 1. The number of carboxylic acids is 1. The monoisotopic (exact) mass is 376 g/mol. The lowest BCUT2D eigenvalue weighted by atomic mass is 10.0. The molecular formula is C18H20N2O3S2. The molecule has 0 saturated carbocycles. The van der Waals surface area contributed by atoms with Crippen LogP contribution in [0.5, 0.6) is 0 Å². The van der Waals surface area contributed by atoms with Gasteiger partial charge in [0.1, 0.15) is 6.04 Å². The van der Waals surface area contributed by atoms with Crippen LogP contribution in [0.15, 0.2) is 34.5 Å². The van der Waals surface area contributed by atoms with Gasteiger partial charge in [0.15, 0.2) is 0 Å². The van der Waals surface area contributed by atoms with Crippen molar-refractivity contribution in [1.29, 1.82) is 0 Å². The van der Waals surface area contributed by atoms with Gasteiger partial charge in [-0.05, 0) is 50.5 Å². The maximum absolute atomic E-state index is 12.7. The molecule has 1 fully saturated rings. The zero-order chi connectivity index (χ0) is 17.8. The van der Waals surface area contributed by atoms with Crippen LogP contribution < -0.4 is 0 Å². The maximum Gasteiger partial charge on any atom is 0.326 e. The second-order valence-electron chi connectivity index (χ2n) is 6.02. The summed E-state index contributed by atoms with van der Waals surface area (Å²) in [4.78, 5) is 31.0.